The van der Waals surface area contributed by atoms with Gasteiger partial charge in [0.15, 0.2) is 5.75 Å². The molecule has 100 valence electrons. The first-order valence-corrected chi connectivity index (χ1v) is 6.56. The van der Waals surface area contributed by atoms with Gasteiger partial charge < -0.3 is 15.8 Å². The van der Waals surface area contributed by atoms with Gasteiger partial charge >= 0.3 is 0 Å². The summed E-state index contributed by atoms with van der Waals surface area (Å²) in [5.74, 6) is 0.540. The van der Waals surface area contributed by atoms with Crippen molar-refractivity contribution in [3.8, 4) is 11.8 Å². The van der Waals surface area contributed by atoms with Gasteiger partial charge in [-0.2, -0.15) is 10.4 Å². The SMILES string of the molecule is COc1c(NCCn2cc(C)cn2)sc(C#N)c1N. The second kappa shape index (κ2) is 5.63. The molecule has 3 N–H and O–H groups in total. The van der Waals surface area contributed by atoms with Gasteiger partial charge in [-0.3, -0.25) is 4.68 Å². The summed E-state index contributed by atoms with van der Waals surface area (Å²) in [6.45, 7) is 3.41. The number of nitriles is 1. The Kier molecular flexibility index (Phi) is 3.92. The number of hydrogen-bond donors (Lipinski definition) is 2. The van der Waals surface area contributed by atoms with Gasteiger partial charge in [0.1, 0.15) is 21.6 Å². The van der Waals surface area contributed by atoms with Crippen LogP contribution in [0.3, 0.4) is 0 Å². The number of nitrogens with two attached hydrogens (primary N) is 1. The molecular formula is C12H15N5OS. The first kappa shape index (κ1) is 13.2. The molecule has 7 heteroatoms. The maximum atomic E-state index is 8.94. The highest BCUT2D eigenvalue weighted by molar-refractivity contribution is 7.17. The minimum absolute atomic E-state index is 0.396. The topological polar surface area (TPSA) is 88.9 Å². The van der Waals surface area contributed by atoms with Gasteiger partial charge in [-0.15, -0.1) is 11.3 Å². The van der Waals surface area contributed by atoms with Gasteiger partial charge in [0, 0.05) is 12.7 Å². The number of anilines is 2. The summed E-state index contributed by atoms with van der Waals surface area (Å²) in [4.78, 5) is 0.467. The largest absolute Gasteiger partial charge is 0.492 e. The number of nitrogens with zero attached hydrogens (tertiary/aromatic N) is 3. The van der Waals surface area contributed by atoms with E-state index in [2.05, 4.69) is 16.5 Å². The monoisotopic (exact) mass is 277 g/mol. The number of hydrogen-bond acceptors (Lipinski definition) is 6. The van der Waals surface area contributed by atoms with Crippen LogP contribution >= 0.6 is 11.3 Å². The Morgan fingerprint density at radius 2 is 2.42 bits per heavy atom. The van der Waals surface area contributed by atoms with E-state index in [0.717, 1.165) is 17.1 Å². The third kappa shape index (κ3) is 2.80. The molecule has 0 amide bonds. The summed E-state index contributed by atoms with van der Waals surface area (Å²) < 4.78 is 7.07. The van der Waals surface area contributed by atoms with Gasteiger partial charge in [-0.25, -0.2) is 0 Å². The van der Waals surface area contributed by atoms with E-state index >= 15 is 0 Å². The highest BCUT2D eigenvalue weighted by Crippen LogP contribution is 2.41. The second-order valence-electron chi connectivity index (χ2n) is 4.03. The lowest BCUT2D eigenvalue weighted by Crippen LogP contribution is -2.10. The Hall–Kier alpha value is -2.20. The lowest BCUT2D eigenvalue weighted by Gasteiger charge is -2.07. The molecule has 0 saturated carbocycles. The number of ether oxygens (including phenoxy) is 1. The van der Waals surface area contributed by atoms with Crippen molar-refractivity contribution in [2.45, 2.75) is 13.5 Å². The predicted molar refractivity (Wildman–Crippen MR) is 75.5 cm³/mol. The van der Waals surface area contributed by atoms with E-state index < -0.39 is 0 Å². The molecule has 0 aliphatic heterocycles. The van der Waals surface area contributed by atoms with E-state index in [1.165, 1.54) is 11.3 Å². The minimum atomic E-state index is 0.396. The quantitative estimate of drug-likeness (QED) is 0.870. The van der Waals surface area contributed by atoms with Crippen molar-refractivity contribution >= 4 is 22.0 Å². The molecule has 2 aromatic heterocycles. The van der Waals surface area contributed by atoms with Crippen molar-refractivity contribution in [2.75, 3.05) is 24.7 Å². The fourth-order valence-electron chi connectivity index (χ4n) is 1.70. The van der Waals surface area contributed by atoms with Crippen molar-refractivity contribution in [3.05, 3.63) is 22.8 Å². The van der Waals surface area contributed by atoms with Crippen LogP contribution in [0.1, 0.15) is 10.4 Å². The normalized spacial score (nSPS) is 10.2. The molecule has 0 spiro atoms. The third-order valence-electron chi connectivity index (χ3n) is 2.59. The van der Waals surface area contributed by atoms with Crippen LogP contribution in [0.25, 0.3) is 0 Å². The molecule has 2 aromatic rings. The van der Waals surface area contributed by atoms with Crippen LogP contribution < -0.4 is 15.8 Å². The lowest BCUT2D eigenvalue weighted by molar-refractivity contribution is 0.420. The van der Waals surface area contributed by atoms with Gasteiger partial charge in [0.05, 0.1) is 19.9 Å². The fraction of sp³-hybridized carbons (Fsp3) is 0.333. The maximum Gasteiger partial charge on any atom is 0.177 e. The van der Waals surface area contributed by atoms with Crippen LogP contribution in [-0.4, -0.2) is 23.4 Å². The molecule has 0 radical (unpaired) electrons. The van der Waals surface area contributed by atoms with Crippen molar-refractivity contribution in [1.82, 2.24) is 9.78 Å². The Balaban J connectivity index is 2.01. The highest BCUT2D eigenvalue weighted by atomic mass is 32.1. The van der Waals surface area contributed by atoms with Crippen molar-refractivity contribution in [3.63, 3.8) is 0 Å². The average Bonchev–Trinajstić information content (AvgIpc) is 2.93. The van der Waals surface area contributed by atoms with E-state index in [0.29, 0.717) is 22.9 Å². The summed E-state index contributed by atoms with van der Waals surface area (Å²) in [5, 5.41) is 17.1. The maximum absolute atomic E-state index is 8.94. The van der Waals surface area contributed by atoms with Crippen LogP contribution in [0.15, 0.2) is 12.4 Å². The number of thiophene rings is 1. The standard InChI is InChI=1S/C12H15N5OS/c1-8-6-16-17(7-8)4-3-15-12-11(18-2)10(14)9(5-13)19-12/h6-7,15H,3-4,14H2,1-2H3. The Bertz CT molecular complexity index is 610. The van der Waals surface area contributed by atoms with Crippen LogP contribution in [0.5, 0.6) is 5.75 Å². The van der Waals surface area contributed by atoms with Crippen LogP contribution in [-0.2, 0) is 6.54 Å². The van der Waals surface area contributed by atoms with Crippen molar-refractivity contribution < 1.29 is 4.74 Å². The Morgan fingerprint density at radius 1 is 1.63 bits per heavy atom. The summed E-state index contributed by atoms with van der Waals surface area (Å²) in [5.41, 5.74) is 7.34. The second-order valence-corrected chi connectivity index (χ2v) is 5.05. The van der Waals surface area contributed by atoms with E-state index in [4.69, 9.17) is 15.7 Å². The molecule has 0 aliphatic rings. The van der Waals surface area contributed by atoms with Gasteiger partial charge in [0.2, 0.25) is 0 Å². The third-order valence-corrected chi connectivity index (χ3v) is 3.64. The fourth-order valence-corrected chi connectivity index (χ4v) is 2.62. The molecule has 0 unspecified atom stereocenters. The van der Waals surface area contributed by atoms with E-state index in [1.54, 1.807) is 7.11 Å². The summed E-state index contributed by atoms with van der Waals surface area (Å²) >= 11 is 1.30. The Labute approximate surface area is 115 Å². The van der Waals surface area contributed by atoms with Crippen molar-refractivity contribution in [1.29, 1.82) is 5.26 Å². The number of nitrogens with one attached hydrogen (secondary N) is 1. The molecule has 0 fully saturated rings. The summed E-state index contributed by atoms with van der Waals surface area (Å²) in [6.07, 6.45) is 3.79. The first-order chi connectivity index (χ1) is 9.15. The molecule has 2 heterocycles. The molecule has 0 aromatic carbocycles. The highest BCUT2D eigenvalue weighted by Gasteiger charge is 2.16. The zero-order valence-electron chi connectivity index (χ0n) is 10.8. The van der Waals surface area contributed by atoms with E-state index in [-0.39, 0.29) is 0 Å². The zero-order valence-corrected chi connectivity index (χ0v) is 11.6. The number of aryl methyl sites for hydroxylation is 1. The molecular weight excluding hydrogens is 262 g/mol. The summed E-state index contributed by atoms with van der Waals surface area (Å²) in [7, 11) is 1.54. The summed E-state index contributed by atoms with van der Waals surface area (Å²) in [6, 6.07) is 2.06. The van der Waals surface area contributed by atoms with Gasteiger partial charge in [-0.05, 0) is 12.5 Å². The predicted octanol–water partition coefficient (Wildman–Crippen LogP) is 1.83. The number of aromatic nitrogens is 2. The zero-order chi connectivity index (χ0) is 13.8. The molecule has 6 nitrogen and oxygen atoms in total. The van der Waals surface area contributed by atoms with Gasteiger partial charge in [0.25, 0.3) is 0 Å². The van der Waals surface area contributed by atoms with E-state index in [9.17, 15) is 0 Å². The average molecular weight is 277 g/mol. The number of nitrogen functional groups attached to an aromatic ring is 1. The van der Waals surface area contributed by atoms with Crippen LogP contribution in [0.4, 0.5) is 10.7 Å². The Morgan fingerprint density at radius 3 is 3.00 bits per heavy atom. The van der Waals surface area contributed by atoms with Crippen LogP contribution in [0.2, 0.25) is 0 Å². The first-order valence-electron chi connectivity index (χ1n) is 5.75. The molecule has 0 saturated heterocycles. The number of methoxy groups -OCH3 is 1. The van der Waals surface area contributed by atoms with Gasteiger partial charge in [-0.1, -0.05) is 0 Å². The molecule has 0 aliphatic carbocycles. The molecule has 2 rings (SSSR count). The van der Waals surface area contributed by atoms with Crippen LogP contribution in [0, 0.1) is 18.3 Å². The molecule has 0 bridgehead atoms. The van der Waals surface area contributed by atoms with Crippen molar-refractivity contribution in [2.24, 2.45) is 0 Å². The minimum Gasteiger partial charge on any atom is -0.492 e. The smallest absolute Gasteiger partial charge is 0.177 e. The number of rotatable bonds is 5. The van der Waals surface area contributed by atoms with E-state index in [1.807, 2.05) is 24.0 Å². The molecule has 19 heavy (non-hydrogen) atoms. The molecule has 0 atom stereocenters. The lowest BCUT2D eigenvalue weighted by atomic mass is 10.4.